The highest BCUT2D eigenvalue weighted by Gasteiger charge is 2.20. The van der Waals surface area contributed by atoms with Crippen LogP contribution in [0.1, 0.15) is 38.6 Å². The maximum Gasteiger partial charge on any atom is 0.145 e. The number of nitrogens with zero attached hydrogens (tertiary/aromatic N) is 3. The van der Waals surface area contributed by atoms with E-state index in [1.54, 1.807) is 0 Å². The summed E-state index contributed by atoms with van der Waals surface area (Å²) in [5.41, 5.74) is 5.64. The van der Waals surface area contributed by atoms with Crippen LogP contribution in [-0.2, 0) is 0 Å². The number of piperidine rings is 1. The van der Waals surface area contributed by atoms with Gasteiger partial charge in [0.05, 0.1) is 6.04 Å². The first kappa shape index (κ1) is 11.5. The number of anilines is 1. The highest BCUT2D eigenvalue weighted by Crippen LogP contribution is 2.22. The largest absolute Gasteiger partial charge is 0.382 e. The van der Waals surface area contributed by atoms with Crippen molar-refractivity contribution in [3.8, 4) is 0 Å². The van der Waals surface area contributed by atoms with Crippen LogP contribution in [0.5, 0.6) is 0 Å². The monoisotopic (exact) mass is 222 g/mol. The molecule has 0 atom stereocenters. The Kier molecular flexibility index (Phi) is 3.83. The lowest BCUT2D eigenvalue weighted by Crippen LogP contribution is -2.35. The molecule has 2 rings (SSSR count). The van der Waals surface area contributed by atoms with E-state index < -0.39 is 0 Å². The van der Waals surface area contributed by atoms with Crippen molar-refractivity contribution in [3.05, 3.63) is 12.3 Å². The Morgan fingerprint density at radius 2 is 2.19 bits per heavy atom. The average Bonchev–Trinajstić information content (AvgIpc) is 2.74. The van der Waals surface area contributed by atoms with Gasteiger partial charge in [-0.05, 0) is 31.9 Å². The zero-order valence-electron chi connectivity index (χ0n) is 10.1. The molecule has 0 aromatic carbocycles. The number of hydrogen-bond donors (Lipinski definition) is 1. The molecule has 0 spiro atoms. The molecule has 1 aromatic heterocycles. The number of nitrogens with two attached hydrogens (primary N) is 1. The molecule has 4 nitrogen and oxygen atoms in total. The van der Waals surface area contributed by atoms with Gasteiger partial charge in [0.2, 0.25) is 0 Å². The van der Waals surface area contributed by atoms with E-state index >= 15 is 0 Å². The van der Waals surface area contributed by atoms with E-state index in [1.165, 1.54) is 45.3 Å². The van der Waals surface area contributed by atoms with Gasteiger partial charge in [-0.2, -0.15) is 5.10 Å². The van der Waals surface area contributed by atoms with E-state index in [1.807, 2.05) is 16.9 Å². The summed E-state index contributed by atoms with van der Waals surface area (Å²) in [5, 5.41) is 4.30. The van der Waals surface area contributed by atoms with Gasteiger partial charge in [0, 0.05) is 19.3 Å². The second-order valence-electron chi connectivity index (χ2n) is 4.65. The van der Waals surface area contributed by atoms with E-state index in [9.17, 15) is 0 Å². The Hall–Kier alpha value is -1.03. The molecule has 0 saturated carbocycles. The number of rotatable bonds is 4. The Balaban J connectivity index is 1.81. The molecule has 16 heavy (non-hydrogen) atoms. The smallest absolute Gasteiger partial charge is 0.145 e. The van der Waals surface area contributed by atoms with Gasteiger partial charge in [-0.3, -0.25) is 4.68 Å². The van der Waals surface area contributed by atoms with Crippen LogP contribution in [0.25, 0.3) is 0 Å². The summed E-state index contributed by atoms with van der Waals surface area (Å²) in [4.78, 5) is 2.56. The molecule has 1 fully saturated rings. The van der Waals surface area contributed by atoms with Crippen molar-refractivity contribution in [2.24, 2.45) is 0 Å². The third-order valence-electron chi connectivity index (χ3n) is 3.39. The van der Waals surface area contributed by atoms with Gasteiger partial charge in [0.15, 0.2) is 0 Å². The minimum atomic E-state index is 0.551. The van der Waals surface area contributed by atoms with E-state index in [0.717, 1.165) is 0 Å². The predicted molar refractivity (Wildman–Crippen MR) is 66.3 cm³/mol. The highest BCUT2D eigenvalue weighted by molar-refractivity contribution is 5.24. The van der Waals surface area contributed by atoms with Crippen LogP contribution in [0.4, 0.5) is 5.82 Å². The molecular formula is C12H22N4. The lowest BCUT2D eigenvalue weighted by molar-refractivity contribution is 0.178. The summed E-state index contributed by atoms with van der Waals surface area (Å²) in [6.07, 6.45) is 7.01. The molecule has 2 N–H and O–H groups in total. The van der Waals surface area contributed by atoms with Gasteiger partial charge in [0.1, 0.15) is 5.82 Å². The maximum absolute atomic E-state index is 5.64. The molecule has 1 aliphatic heterocycles. The molecule has 0 radical (unpaired) electrons. The van der Waals surface area contributed by atoms with Crippen molar-refractivity contribution in [1.29, 1.82) is 0 Å². The first-order valence-electron chi connectivity index (χ1n) is 6.32. The van der Waals surface area contributed by atoms with Crippen LogP contribution in [0, 0.1) is 0 Å². The third-order valence-corrected chi connectivity index (χ3v) is 3.39. The normalized spacial score (nSPS) is 19.1. The Morgan fingerprint density at radius 3 is 2.75 bits per heavy atom. The molecule has 1 saturated heterocycles. The third kappa shape index (κ3) is 2.76. The van der Waals surface area contributed by atoms with Gasteiger partial charge < -0.3 is 10.6 Å². The Bertz CT molecular complexity index is 313. The van der Waals surface area contributed by atoms with Crippen molar-refractivity contribution in [3.63, 3.8) is 0 Å². The number of likely N-dealkylation sites (tertiary alicyclic amines) is 1. The highest BCUT2D eigenvalue weighted by atomic mass is 15.3. The molecule has 4 heteroatoms. The van der Waals surface area contributed by atoms with E-state index in [0.29, 0.717) is 11.9 Å². The second kappa shape index (κ2) is 5.34. The van der Waals surface area contributed by atoms with E-state index in [-0.39, 0.29) is 0 Å². The summed E-state index contributed by atoms with van der Waals surface area (Å²) in [5.74, 6) is 0.633. The van der Waals surface area contributed by atoms with Gasteiger partial charge in [-0.15, -0.1) is 0 Å². The van der Waals surface area contributed by atoms with Gasteiger partial charge >= 0.3 is 0 Å². The average molecular weight is 222 g/mol. The summed E-state index contributed by atoms with van der Waals surface area (Å²) < 4.78 is 2.03. The molecule has 0 unspecified atom stereocenters. The van der Waals surface area contributed by atoms with Gasteiger partial charge in [-0.25, -0.2) is 0 Å². The topological polar surface area (TPSA) is 47.1 Å². The van der Waals surface area contributed by atoms with Crippen LogP contribution in [-0.4, -0.2) is 34.3 Å². The Labute approximate surface area is 97.4 Å². The van der Waals surface area contributed by atoms with Gasteiger partial charge in [0.25, 0.3) is 0 Å². The molecule has 0 bridgehead atoms. The fourth-order valence-corrected chi connectivity index (χ4v) is 2.35. The minimum absolute atomic E-state index is 0.551. The quantitative estimate of drug-likeness (QED) is 0.846. The van der Waals surface area contributed by atoms with Crippen molar-refractivity contribution in [2.75, 3.05) is 25.4 Å². The number of nitrogen functional groups attached to an aromatic ring is 1. The predicted octanol–water partition coefficient (Wildman–Crippen LogP) is 1.90. The molecule has 1 aromatic rings. The number of hydrogen-bond acceptors (Lipinski definition) is 3. The van der Waals surface area contributed by atoms with E-state index in [4.69, 9.17) is 5.73 Å². The number of aromatic nitrogens is 2. The fourth-order valence-electron chi connectivity index (χ4n) is 2.35. The van der Waals surface area contributed by atoms with Crippen molar-refractivity contribution >= 4 is 5.82 Å². The summed E-state index contributed by atoms with van der Waals surface area (Å²) in [6.45, 7) is 5.90. The van der Waals surface area contributed by atoms with Crippen LogP contribution < -0.4 is 5.73 Å². The zero-order chi connectivity index (χ0) is 11.4. The first-order valence-corrected chi connectivity index (χ1v) is 6.32. The summed E-state index contributed by atoms with van der Waals surface area (Å²) in [7, 11) is 0. The lowest BCUT2D eigenvalue weighted by atomic mass is 10.1. The van der Waals surface area contributed by atoms with Crippen LogP contribution in [0.15, 0.2) is 12.3 Å². The number of unbranched alkanes of at least 4 members (excludes halogenated alkanes) is 1. The standard InChI is InChI=1S/C12H22N4/c1-2-3-7-15-8-4-11(5-9-15)16-10-6-12(13)14-16/h6,10-11H,2-5,7-9H2,1H3,(H2,13,14). The lowest BCUT2D eigenvalue weighted by Gasteiger charge is -2.31. The maximum atomic E-state index is 5.64. The first-order chi connectivity index (χ1) is 7.79. The minimum Gasteiger partial charge on any atom is -0.382 e. The van der Waals surface area contributed by atoms with Crippen molar-refractivity contribution in [1.82, 2.24) is 14.7 Å². The van der Waals surface area contributed by atoms with Gasteiger partial charge in [-0.1, -0.05) is 13.3 Å². The molecule has 1 aliphatic rings. The fraction of sp³-hybridized carbons (Fsp3) is 0.750. The SMILES string of the molecule is CCCCN1CCC(n2ccc(N)n2)CC1. The second-order valence-corrected chi connectivity index (χ2v) is 4.65. The van der Waals surface area contributed by atoms with Crippen LogP contribution in [0.3, 0.4) is 0 Å². The van der Waals surface area contributed by atoms with Crippen LogP contribution >= 0.6 is 0 Å². The molecular weight excluding hydrogens is 200 g/mol. The molecule has 2 heterocycles. The van der Waals surface area contributed by atoms with Crippen LogP contribution in [0.2, 0.25) is 0 Å². The zero-order valence-corrected chi connectivity index (χ0v) is 10.1. The van der Waals surface area contributed by atoms with E-state index in [2.05, 4.69) is 16.9 Å². The molecule has 0 aliphatic carbocycles. The molecule has 90 valence electrons. The molecule has 0 amide bonds. The summed E-state index contributed by atoms with van der Waals surface area (Å²) >= 11 is 0. The Morgan fingerprint density at radius 1 is 1.44 bits per heavy atom. The summed E-state index contributed by atoms with van der Waals surface area (Å²) in [6, 6.07) is 2.43. The van der Waals surface area contributed by atoms with Crippen molar-refractivity contribution < 1.29 is 0 Å². The van der Waals surface area contributed by atoms with Crippen molar-refractivity contribution in [2.45, 2.75) is 38.6 Å².